The lowest BCUT2D eigenvalue weighted by molar-refractivity contribution is -0.891. The summed E-state index contributed by atoms with van der Waals surface area (Å²) in [5.74, 6) is 0. The molecule has 1 rings (SSSR count). The van der Waals surface area contributed by atoms with Crippen molar-refractivity contribution < 1.29 is 26.2 Å². The molecule has 1 aliphatic rings. The standard InChI is InChI=1S/C15H32NO.BrH/c1-4-5-6-7-8-9-10-11-12-16(2,3)13-15-14-17-15;/h15H,4-14H2,1-3H3;1H/q+1;/p-1. The highest BCUT2D eigenvalue weighted by Crippen LogP contribution is 2.15. The third kappa shape index (κ3) is 10.3. The summed E-state index contributed by atoms with van der Waals surface area (Å²) in [6, 6.07) is 0. The molecule has 1 unspecified atom stereocenters. The molecule has 1 heterocycles. The van der Waals surface area contributed by atoms with Gasteiger partial charge in [-0.15, -0.1) is 0 Å². The Balaban J connectivity index is 0.00000289. The van der Waals surface area contributed by atoms with Crippen LogP contribution < -0.4 is 17.0 Å². The predicted molar refractivity (Wildman–Crippen MR) is 74.2 cm³/mol. The van der Waals surface area contributed by atoms with Crippen LogP contribution in [0.3, 0.4) is 0 Å². The van der Waals surface area contributed by atoms with Crippen molar-refractivity contribution in [2.45, 2.75) is 64.4 Å². The minimum absolute atomic E-state index is 0. The van der Waals surface area contributed by atoms with Gasteiger partial charge in [0.2, 0.25) is 0 Å². The molecule has 1 aliphatic heterocycles. The Morgan fingerprint density at radius 2 is 1.44 bits per heavy atom. The Kier molecular flexibility index (Phi) is 10.4. The molecule has 18 heavy (non-hydrogen) atoms. The Morgan fingerprint density at radius 3 is 1.94 bits per heavy atom. The van der Waals surface area contributed by atoms with Gasteiger partial charge in [-0.25, -0.2) is 0 Å². The maximum Gasteiger partial charge on any atom is 0.130 e. The Morgan fingerprint density at radius 1 is 0.944 bits per heavy atom. The summed E-state index contributed by atoms with van der Waals surface area (Å²) in [6.45, 7) is 5.80. The lowest BCUT2D eigenvalue weighted by Gasteiger charge is -2.29. The fourth-order valence-electron chi connectivity index (χ4n) is 2.49. The summed E-state index contributed by atoms with van der Waals surface area (Å²) >= 11 is 0. The summed E-state index contributed by atoms with van der Waals surface area (Å²) in [6.07, 6.45) is 11.9. The number of hydrogen-bond acceptors (Lipinski definition) is 1. The molecule has 0 amide bonds. The second-order valence-corrected chi connectivity index (χ2v) is 6.27. The summed E-state index contributed by atoms with van der Waals surface area (Å²) in [5.41, 5.74) is 0. The van der Waals surface area contributed by atoms with Crippen molar-refractivity contribution in [3.63, 3.8) is 0 Å². The Labute approximate surface area is 124 Å². The normalized spacial score (nSPS) is 18.5. The molecule has 0 aromatic carbocycles. The van der Waals surface area contributed by atoms with Crippen molar-refractivity contribution >= 4 is 0 Å². The van der Waals surface area contributed by atoms with E-state index in [1.54, 1.807) is 0 Å². The van der Waals surface area contributed by atoms with Gasteiger partial charge in [-0.3, -0.25) is 0 Å². The van der Waals surface area contributed by atoms with Crippen molar-refractivity contribution in [3.8, 4) is 0 Å². The second-order valence-electron chi connectivity index (χ2n) is 6.27. The molecule has 0 aromatic rings. The molecule has 0 aromatic heterocycles. The van der Waals surface area contributed by atoms with Gasteiger partial charge >= 0.3 is 0 Å². The number of likely N-dealkylation sites (N-methyl/N-ethyl adjacent to an activating group) is 1. The van der Waals surface area contributed by atoms with E-state index in [0.717, 1.165) is 11.1 Å². The number of halogens is 1. The second kappa shape index (κ2) is 10.2. The third-order valence-corrected chi connectivity index (χ3v) is 3.72. The van der Waals surface area contributed by atoms with Gasteiger partial charge in [0.15, 0.2) is 0 Å². The largest absolute Gasteiger partial charge is 1.00 e. The van der Waals surface area contributed by atoms with Crippen LogP contribution in [0.1, 0.15) is 58.3 Å². The smallest absolute Gasteiger partial charge is 0.130 e. The number of hydrogen-bond donors (Lipinski definition) is 0. The van der Waals surface area contributed by atoms with Gasteiger partial charge in [-0.1, -0.05) is 45.4 Å². The van der Waals surface area contributed by atoms with E-state index in [1.165, 1.54) is 64.5 Å². The van der Waals surface area contributed by atoms with Gasteiger partial charge in [-0.05, 0) is 12.8 Å². The molecular weight excluding hydrogens is 290 g/mol. The van der Waals surface area contributed by atoms with Crippen molar-refractivity contribution in [1.29, 1.82) is 0 Å². The molecule has 3 heteroatoms. The first-order valence-corrected chi connectivity index (χ1v) is 7.57. The van der Waals surface area contributed by atoms with Crippen LogP contribution in [-0.2, 0) is 4.74 Å². The average Bonchev–Trinajstić information content (AvgIpc) is 3.05. The number of nitrogens with zero attached hydrogens (tertiary/aromatic N) is 1. The van der Waals surface area contributed by atoms with E-state index in [1.807, 2.05) is 0 Å². The van der Waals surface area contributed by atoms with Gasteiger partial charge in [0.1, 0.15) is 12.6 Å². The van der Waals surface area contributed by atoms with Crippen molar-refractivity contribution in [1.82, 2.24) is 0 Å². The van der Waals surface area contributed by atoms with Crippen molar-refractivity contribution in [2.75, 3.05) is 33.8 Å². The molecule has 2 nitrogen and oxygen atoms in total. The van der Waals surface area contributed by atoms with Crippen LogP contribution in [0.5, 0.6) is 0 Å². The summed E-state index contributed by atoms with van der Waals surface area (Å²) < 4.78 is 6.45. The van der Waals surface area contributed by atoms with E-state index in [9.17, 15) is 0 Å². The first-order valence-electron chi connectivity index (χ1n) is 7.57. The SMILES string of the molecule is CCCCCCCCCC[N+](C)(C)CC1CO1.[Br-]. The van der Waals surface area contributed by atoms with Gasteiger partial charge < -0.3 is 26.2 Å². The molecule has 0 bridgehead atoms. The molecular formula is C15H32BrNO. The average molecular weight is 322 g/mol. The molecule has 1 atom stereocenters. The minimum Gasteiger partial charge on any atom is -1.00 e. The van der Waals surface area contributed by atoms with E-state index < -0.39 is 0 Å². The van der Waals surface area contributed by atoms with Gasteiger partial charge in [-0.2, -0.15) is 0 Å². The minimum atomic E-state index is 0. The van der Waals surface area contributed by atoms with Crippen LogP contribution in [-0.4, -0.2) is 44.4 Å². The lowest BCUT2D eigenvalue weighted by atomic mass is 10.1. The first-order chi connectivity index (χ1) is 8.14. The molecule has 0 spiro atoms. The monoisotopic (exact) mass is 321 g/mol. The van der Waals surface area contributed by atoms with Crippen LogP contribution in [0.2, 0.25) is 0 Å². The number of ether oxygens (including phenoxy) is 1. The topological polar surface area (TPSA) is 12.5 Å². The quantitative estimate of drug-likeness (QED) is 0.308. The molecule has 0 N–H and O–H groups in total. The summed E-state index contributed by atoms with van der Waals surface area (Å²) in [7, 11) is 4.67. The van der Waals surface area contributed by atoms with Crippen LogP contribution in [0.15, 0.2) is 0 Å². The lowest BCUT2D eigenvalue weighted by Crippen LogP contribution is -3.00. The maximum absolute atomic E-state index is 5.31. The zero-order valence-electron chi connectivity index (χ0n) is 12.6. The molecule has 110 valence electrons. The number of epoxide rings is 1. The highest BCUT2D eigenvalue weighted by atomic mass is 79.9. The molecule has 0 radical (unpaired) electrons. The van der Waals surface area contributed by atoms with Gasteiger partial charge in [0.25, 0.3) is 0 Å². The third-order valence-electron chi connectivity index (χ3n) is 3.72. The fourth-order valence-corrected chi connectivity index (χ4v) is 2.49. The highest BCUT2D eigenvalue weighted by molar-refractivity contribution is 4.67. The van der Waals surface area contributed by atoms with Crippen molar-refractivity contribution in [2.24, 2.45) is 0 Å². The van der Waals surface area contributed by atoms with Gasteiger partial charge in [0.05, 0.1) is 27.2 Å². The van der Waals surface area contributed by atoms with E-state index in [-0.39, 0.29) is 17.0 Å². The summed E-state index contributed by atoms with van der Waals surface area (Å²) in [5, 5.41) is 0. The fraction of sp³-hybridized carbons (Fsp3) is 1.00. The zero-order valence-corrected chi connectivity index (χ0v) is 14.2. The molecule has 1 saturated heterocycles. The van der Waals surface area contributed by atoms with Crippen LogP contribution in [0.4, 0.5) is 0 Å². The molecule has 0 aliphatic carbocycles. The van der Waals surface area contributed by atoms with E-state index in [0.29, 0.717) is 6.10 Å². The van der Waals surface area contributed by atoms with Crippen LogP contribution in [0, 0.1) is 0 Å². The van der Waals surface area contributed by atoms with E-state index >= 15 is 0 Å². The van der Waals surface area contributed by atoms with Crippen molar-refractivity contribution in [3.05, 3.63) is 0 Å². The highest BCUT2D eigenvalue weighted by Gasteiger charge is 2.30. The van der Waals surface area contributed by atoms with Crippen LogP contribution in [0.25, 0.3) is 0 Å². The predicted octanol–water partition coefficient (Wildman–Crippen LogP) is 0.606. The first kappa shape index (κ1) is 18.4. The zero-order chi connectivity index (χ0) is 12.6. The Bertz CT molecular complexity index is 193. The number of unbranched alkanes of at least 4 members (excludes halogenated alkanes) is 7. The van der Waals surface area contributed by atoms with E-state index in [4.69, 9.17) is 4.74 Å². The number of rotatable bonds is 11. The van der Waals surface area contributed by atoms with Crippen LogP contribution >= 0.6 is 0 Å². The maximum atomic E-state index is 5.31. The molecule has 0 saturated carbocycles. The Hall–Kier alpha value is 0.400. The van der Waals surface area contributed by atoms with Gasteiger partial charge in [0, 0.05) is 0 Å². The summed E-state index contributed by atoms with van der Waals surface area (Å²) in [4.78, 5) is 0. The molecule has 1 fully saturated rings. The number of quaternary nitrogens is 1. The van der Waals surface area contributed by atoms with E-state index in [2.05, 4.69) is 21.0 Å².